The molecule has 36 heavy (non-hydrogen) atoms. The number of nitrogens with zero attached hydrogens (tertiary/aromatic N) is 3. The van der Waals surface area contributed by atoms with Gasteiger partial charge in [-0.1, -0.05) is 50.2 Å². The Morgan fingerprint density at radius 2 is 1.83 bits per heavy atom. The van der Waals surface area contributed by atoms with Crippen molar-refractivity contribution in [2.45, 2.75) is 50.9 Å². The number of alkyl halides is 1. The smallest absolute Gasteiger partial charge is 0.317 e. The molecule has 10 heteroatoms. The minimum absolute atomic E-state index is 0.0579. The number of aromatic nitrogens is 1. The molecule has 0 radical (unpaired) electrons. The van der Waals surface area contributed by atoms with Crippen LogP contribution in [0.1, 0.15) is 55.5 Å². The van der Waals surface area contributed by atoms with E-state index in [2.05, 4.69) is 15.6 Å². The topological polar surface area (TPSA) is 94.6 Å². The Morgan fingerprint density at radius 1 is 1.11 bits per heavy atom. The van der Waals surface area contributed by atoms with Gasteiger partial charge >= 0.3 is 6.03 Å². The largest absolute Gasteiger partial charge is 0.342 e. The number of carbonyl (C=O) groups is 3. The summed E-state index contributed by atoms with van der Waals surface area (Å²) in [6.45, 7) is 4.44. The average molecular weight is 500 g/mol. The van der Waals surface area contributed by atoms with Crippen LogP contribution in [0.4, 0.5) is 13.6 Å². The lowest BCUT2D eigenvalue weighted by Gasteiger charge is -2.31. The first-order valence-electron chi connectivity index (χ1n) is 12.2. The molecule has 3 atom stereocenters. The number of rotatable bonds is 7. The second-order valence-corrected chi connectivity index (χ2v) is 9.52. The van der Waals surface area contributed by atoms with Crippen LogP contribution in [0, 0.1) is 5.95 Å². The maximum absolute atomic E-state index is 14.7. The van der Waals surface area contributed by atoms with Gasteiger partial charge in [-0.3, -0.25) is 9.59 Å². The van der Waals surface area contributed by atoms with Gasteiger partial charge in [-0.15, -0.1) is 0 Å². The van der Waals surface area contributed by atoms with Gasteiger partial charge in [0.05, 0.1) is 24.8 Å². The van der Waals surface area contributed by atoms with Crippen LogP contribution in [-0.2, 0) is 9.59 Å². The lowest BCUT2D eigenvalue weighted by Crippen LogP contribution is -2.52. The molecule has 0 unspecified atom stereocenters. The Morgan fingerprint density at radius 3 is 2.44 bits per heavy atom. The van der Waals surface area contributed by atoms with Gasteiger partial charge in [0, 0.05) is 25.1 Å². The summed E-state index contributed by atoms with van der Waals surface area (Å²) in [6, 6.07) is 10.1. The van der Waals surface area contributed by atoms with Crippen LogP contribution in [0.2, 0.25) is 0 Å². The van der Waals surface area contributed by atoms with E-state index >= 15 is 0 Å². The molecule has 2 aliphatic heterocycles. The zero-order valence-electron chi connectivity index (χ0n) is 20.4. The average Bonchev–Trinajstić information content (AvgIpc) is 3.22. The van der Waals surface area contributed by atoms with Crippen molar-refractivity contribution in [1.82, 2.24) is 25.4 Å². The zero-order chi connectivity index (χ0) is 25.8. The van der Waals surface area contributed by atoms with Gasteiger partial charge in [-0.2, -0.15) is 4.39 Å². The highest BCUT2D eigenvalue weighted by Gasteiger charge is 2.40. The molecule has 3 heterocycles. The molecule has 0 bridgehead atoms. The number of carbonyl (C=O) groups excluding carboxylic acids is 3. The fourth-order valence-electron chi connectivity index (χ4n) is 4.46. The van der Waals surface area contributed by atoms with E-state index < -0.39 is 36.0 Å². The molecule has 192 valence electrons. The summed E-state index contributed by atoms with van der Waals surface area (Å²) in [7, 11) is 0. The minimum Gasteiger partial charge on any atom is -0.342 e. The van der Waals surface area contributed by atoms with Crippen LogP contribution in [0.25, 0.3) is 0 Å². The Labute approximate surface area is 209 Å². The summed E-state index contributed by atoms with van der Waals surface area (Å²) in [4.78, 5) is 45.0. The number of likely N-dealkylation sites (tertiary alicyclic amines) is 2. The molecule has 8 nitrogen and oxygen atoms in total. The number of nitrogens with one attached hydrogen (secondary N) is 2. The third-order valence-electron chi connectivity index (χ3n) is 6.64. The predicted octanol–water partition coefficient (Wildman–Crippen LogP) is 2.90. The molecule has 4 amide bonds. The zero-order valence-corrected chi connectivity index (χ0v) is 20.4. The van der Waals surface area contributed by atoms with Gasteiger partial charge in [0.15, 0.2) is 0 Å². The van der Waals surface area contributed by atoms with Crippen LogP contribution < -0.4 is 10.6 Å². The van der Waals surface area contributed by atoms with E-state index in [-0.39, 0.29) is 31.5 Å². The van der Waals surface area contributed by atoms with Gasteiger partial charge in [-0.25, -0.2) is 14.2 Å². The first-order valence-corrected chi connectivity index (χ1v) is 12.2. The van der Waals surface area contributed by atoms with E-state index in [0.29, 0.717) is 29.9 Å². The highest BCUT2D eigenvalue weighted by molar-refractivity contribution is 5.91. The van der Waals surface area contributed by atoms with Crippen LogP contribution >= 0.6 is 0 Å². The molecule has 2 fully saturated rings. The number of urea groups is 1. The van der Waals surface area contributed by atoms with E-state index in [1.54, 1.807) is 41.3 Å². The van der Waals surface area contributed by atoms with Crippen molar-refractivity contribution in [3.05, 3.63) is 65.2 Å². The van der Waals surface area contributed by atoms with Crippen molar-refractivity contribution in [3.8, 4) is 0 Å². The molecule has 2 N–H and O–H groups in total. The second kappa shape index (κ2) is 11.0. The molecule has 2 aliphatic rings. The van der Waals surface area contributed by atoms with Crippen LogP contribution in [-0.4, -0.2) is 71.0 Å². The van der Waals surface area contributed by atoms with Crippen molar-refractivity contribution in [2.75, 3.05) is 26.2 Å². The Hall–Kier alpha value is -3.56. The summed E-state index contributed by atoms with van der Waals surface area (Å²) < 4.78 is 29.1. The second-order valence-electron chi connectivity index (χ2n) is 9.52. The molecule has 1 aromatic carbocycles. The van der Waals surface area contributed by atoms with Crippen molar-refractivity contribution < 1.29 is 23.2 Å². The predicted molar refractivity (Wildman–Crippen MR) is 129 cm³/mol. The van der Waals surface area contributed by atoms with Crippen molar-refractivity contribution in [2.24, 2.45) is 0 Å². The monoisotopic (exact) mass is 499 g/mol. The van der Waals surface area contributed by atoms with Crippen molar-refractivity contribution in [1.29, 1.82) is 0 Å². The van der Waals surface area contributed by atoms with Gasteiger partial charge < -0.3 is 20.4 Å². The Kier molecular flexibility index (Phi) is 7.81. The van der Waals surface area contributed by atoms with Gasteiger partial charge in [-0.05, 0) is 24.0 Å². The maximum Gasteiger partial charge on any atom is 0.317 e. The number of benzene rings is 1. The lowest BCUT2D eigenvalue weighted by molar-refractivity contribution is -0.137. The third-order valence-corrected chi connectivity index (χ3v) is 6.64. The first kappa shape index (κ1) is 25.5. The minimum atomic E-state index is -1.37. The summed E-state index contributed by atoms with van der Waals surface area (Å²) in [5.74, 6) is -1.78. The molecular weight excluding hydrogens is 468 g/mol. The van der Waals surface area contributed by atoms with Gasteiger partial charge in [0.1, 0.15) is 12.2 Å². The first-order chi connectivity index (χ1) is 17.2. The number of pyridine rings is 1. The molecule has 0 aliphatic carbocycles. The quantitative estimate of drug-likeness (QED) is 0.573. The fourth-order valence-corrected chi connectivity index (χ4v) is 4.46. The number of hydrogen-bond donors (Lipinski definition) is 2. The normalized spacial score (nSPS) is 20.1. The van der Waals surface area contributed by atoms with Crippen molar-refractivity contribution >= 4 is 17.8 Å². The number of hydrogen-bond acceptors (Lipinski definition) is 4. The number of halogens is 2. The summed E-state index contributed by atoms with van der Waals surface area (Å²) in [5, 5.41) is 5.39. The number of amides is 4. The summed E-state index contributed by atoms with van der Waals surface area (Å²) >= 11 is 0. The van der Waals surface area contributed by atoms with E-state index in [1.165, 1.54) is 0 Å². The summed E-state index contributed by atoms with van der Waals surface area (Å²) in [6.07, 6.45) is -0.611. The molecular formula is C26H31F2N5O3. The molecule has 1 aromatic heterocycles. The van der Waals surface area contributed by atoms with Crippen LogP contribution in [0.3, 0.4) is 0 Å². The van der Waals surface area contributed by atoms with E-state index in [9.17, 15) is 23.2 Å². The third kappa shape index (κ3) is 5.63. The van der Waals surface area contributed by atoms with E-state index in [4.69, 9.17) is 0 Å². The fraction of sp³-hybridized carbons (Fsp3) is 0.462. The standard InChI is InChI=1S/C26H31F2N5O3/c1-16(2)19-9-10-20(30-24(19)28)23(17-7-4-3-5-8-17)31-25(35)21-13-18(27)15-33(21)22(34)14-29-26(36)32-11-6-12-32/h3-5,7-10,16,18,21,23H,6,11-15H2,1-2H3,(H,29,36)(H,31,35)/t18-,21+,23+/m1/s1. The molecule has 2 saturated heterocycles. The lowest BCUT2D eigenvalue weighted by atomic mass is 9.99. The maximum atomic E-state index is 14.7. The van der Waals surface area contributed by atoms with Crippen molar-refractivity contribution in [3.63, 3.8) is 0 Å². The van der Waals surface area contributed by atoms with E-state index in [1.807, 2.05) is 19.9 Å². The Balaban J connectivity index is 1.51. The molecule has 4 rings (SSSR count). The molecule has 0 saturated carbocycles. The highest BCUT2D eigenvalue weighted by Crippen LogP contribution is 2.26. The molecule has 0 spiro atoms. The van der Waals surface area contributed by atoms with Gasteiger partial charge in [0.25, 0.3) is 0 Å². The summed E-state index contributed by atoms with van der Waals surface area (Å²) in [5.41, 5.74) is 1.43. The highest BCUT2D eigenvalue weighted by atomic mass is 19.1. The Bertz CT molecular complexity index is 1110. The van der Waals surface area contributed by atoms with Crippen LogP contribution in [0.15, 0.2) is 42.5 Å². The van der Waals surface area contributed by atoms with E-state index in [0.717, 1.165) is 11.3 Å². The van der Waals surface area contributed by atoms with Crippen LogP contribution in [0.5, 0.6) is 0 Å². The molecule has 2 aromatic rings. The SMILES string of the molecule is CC(C)c1ccc([C@@H](NC(=O)[C@@H]2C[C@@H](F)CN2C(=O)CNC(=O)N2CCC2)c2ccccc2)nc1F. The van der Waals surface area contributed by atoms with Gasteiger partial charge in [0.2, 0.25) is 17.8 Å².